The van der Waals surface area contributed by atoms with Crippen LogP contribution in [0.5, 0.6) is 11.5 Å². The molecule has 1 amide bonds. The number of carbonyl (C=O) groups is 1. The fourth-order valence-electron chi connectivity index (χ4n) is 2.69. The van der Waals surface area contributed by atoms with Gasteiger partial charge in [-0.05, 0) is 55.5 Å². The summed E-state index contributed by atoms with van der Waals surface area (Å²) in [6.45, 7) is 4.57. The third kappa shape index (κ3) is 5.82. The lowest BCUT2D eigenvalue weighted by Crippen LogP contribution is -2.38. The van der Waals surface area contributed by atoms with Crippen LogP contribution in [0.1, 0.15) is 30.9 Å². The molecule has 0 aliphatic carbocycles. The highest BCUT2D eigenvalue weighted by Crippen LogP contribution is 2.18. The molecule has 1 N–H and O–H groups in total. The average Bonchev–Trinajstić information content (AvgIpc) is 2.63. The normalized spacial score (nSPS) is 11.6. The average molecular weight is 341 g/mol. The Morgan fingerprint density at radius 3 is 2.68 bits per heavy atom. The molecule has 0 aliphatic rings. The van der Waals surface area contributed by atoms with E-state index in [4.69, 9.17) is 9.47 Å². The van der Waals surface area contributed by atoms with E-state index < -0.39 is 6.10 Å². The Labute approximate surface area is 150 Å². The largest absolute Gasteiger partial charge is 0.496 e. The summed E-state index contributed by atoms with van der Waals surface area (Å²) in [5.74, 6) is 1.56. The van der Waals surface area contributed by atoms with Crippen LogP contribution in [0.25, 0.3) is 0 Å². The molecular formula is C21H27NO3. The summed E-state index contributed by atoms with van der Waals surface area (Å²) in [6, 6.07) is 15.7. The first-order valence-electron chi connectivity index (χ1n) is 8.77. The van der Waals surface area contributed by atoms with Crippen LogP contribution in [0.4, 0.5) is 0 Å². The van der Waals surface area contributed by atoms with E-state index in [1.54, 1.807) is 7.11 Å². The van der Waals surface area contributed by atoms with E-state index in [9.17, 15) is 4.79 Å². The minimum absolute atomic E-state index is 0.0657. The Hall–Kier alpha value is -2.49. The zero-order valence-corrected chi connectivity index (χ0v) is 15.2. The molecule has 0 heterocycles. The number of rotatable bonds is 9. The molecule has 4 heteroatoms. The second kappa shape index (κ2) is 9.72. The predicted octanol–water partition coefficient (Wildman–Crippen LogP) is 3.91. The molecule has 0 fully saturated rings. The third-order valence-electron chi connectivity index (χ3n) is 4.05. The summed E-state index contributed by atoms with van der Waals surface area (Å²) < 4.78 is 11.2. The van der Waals surface area contributed by atoms with Crippen molar-refractivity contribution in [3.05, 3.63) is 59.7 Å². The Morgan fingerprint density at radius 1 is 1.16 bits per heavy atom. The Morgan fingerprint density at radius 2 is 1.96 bits per heavy atom. The Balaban J connectivity index is 1.80. The van der Waals surface area contributed by atoms with E-state index in [-0.39, 0.29) is 5.91 Å². The second-order valence-corrected chi connectivity index (χ2v) is 6.04. The van der Waals surface area contributed by atoms with Gasteiger partial charge in [-0.1, -0.05) is 37.3 Å². The summed E-state index contributed by atoms with van der Waals surface area (Å²) in [5, 5.41) is 2.97. The van der Waals surface area contributed by atoms with Crippen molar-refractivity contribution in [2.75, 3.05) is 13.7 Å². The van der Waals surface area contributed by atoms with Crippen molar-refractivity contribution in [3.8, 4) is 11.5 Å². The molecule has 0 aromatic heterocycles. The van der Waals surface area contributed by atoms with E-state index in [1.165, 1.54) is 0 Å². The van der Waals surface area contributed by atoms with Gasteiger partial charge in [-0.3, -0.25) is 4.79 Å². The molecule has 0 radical (unpaired) electrons. The molecule has 1 atom stereocenters. The van der Waals surface area contributed by atoms with Crippen LogP contribution in [0.3, 0.4) is 0 Å². The number of nitrogens with one attached hydrogen (secondary N) is 1. The van der Waals surface area contributed by atoms with E-state index in [2.05, 4.69) is 11.4 Å². The van der Waals surface area contributed by atoms with Crippen molar-refractivity contribution in [2.24, 2.45) is 0 Å². The molecule has 2 aromatic rings. The van der Waals surface area contributed by atoms with Crippen molar-refractivity contribution in [1.82, 2.24) is 5.32 Å². The van der Waals surface area contributed by atoms with Gasteiger partial charge in [0.1, 0.15) is 11.5 Å². The van der Waals surface area contributed by atoms with Crippen LogP contribution in [0.15, 0.2) is 48.5 Å². The molecule has 0 saturated carbocycles. The van der Waals surface area contributed by atoms with Gasteiger partial charge < -0.3 is 14.8 Å². The highest BCUT2D eigenvalue weighted by molar-refractivity contribution is 5.81. The lowest BCUT2D eigenvalue weighted by atomic mass is 10.1. The number of benzene rings is 2. The van der Waals surface area contributed by atoms with Gasteiger partial charge >= 0.3 is 0 Å². The van der Waals surface area contributed by atoms with Crippen LogP contribution in [0, 0.1) is 6.92 Å². The first kappa shape index (κ1) is 18.8. The number of para-hydroxylation sites is 1. The van der Waals surface area contributed by atoms with Gasteiger partial charge in [0.15, 0.2) is 6.10 Å². The lowest BCUT2D eigenvalue weighted by molar-refractivity contribution is -0.128. The zero-order valence-electron chi connectivity index (χ0n) is 15.2. The third-order valence-corrected chi connectivity index (χ3v) is 4.05. The number of amides is 1. The topological polar surface area (TPSA) is 47.6 Å². The summed E-state index contributed by atoms with van der Waals surface area (Å²) >= 11 is 0. The van der Waals surface area contributed by atoms with Gasteiger partial charge in [0.2, 0.25) is 0 Å². The van der Waals surface area contributed by atoms with Gasteiger partial charge in [-0.15, -0.1) is 0 Å². The van der Waals surface area contributed by atoms with Gasteiger partial charge in [0, 0.05) is 6.54 Å². The fourth-order valence-corrected chi connectivity index (χ4v) is 2.69. The van der Waals surface area contributed by atoms with Crippen molar-refractivity contribution in [3.63, 3.8) is 0 Å². The number of aryl methyl sites for hydroxylation is 2. The molecular weight excluding hydrogens is 314 g/mol. The molecule has 0 bridgehead atoms. The molecule has 4 nitrogen and oxygen atoms in total. The minimum Gasteiger partial charge on any atom is -0.496 e. The van der Waals surface area contributed by atoms with Gasteiger partial charge in [-0.2, -0.15) is 0 Å². The van der Waals surface area contributed by atoms with E-state index in [0.29, 0.717) is 13.0 Å². The standard InChI is InChI=1S/C21H27NO3/c1-4-19(25-18-12-7-9-16(2)15-18)21(23)22-14-8-11-17-10-5-6-13-20(17)24-3/h5-7,9-10,12-13,15,19H,4,8,11,14H2,1-3H3,(H,22,23). The summed E-state index contributed by atoms with van der Waals surface area (Å²) in [4.78, 5) is 12.3. The van der Waals surface area contributed by atoms with Crippen LogP contribution < -0.4 is 14.8 Å². The SMILES string of the molecule is CCC(Oc1cccc(C)c1)C(=O)NCCCc1ccccc1OC. The molecule has 0 saturated heterocycles. The highest BCUT2D eigenvalue weighted by Gasteiger charge is 2.17. The van der Waals surface area contributed by atoms with Crippen molar-refractivity contribution in [2.45, 2.75) is 39.2 Å². The molecule has 0 aliphatic heterocycles. The number of hydrogen-bond donors (Lipinski definition) is 1. The Bertz CT molecular complexity index is 684. The van der Waals surface area contributed by atoms with Crippen molar-refractivity contribution >= 4 is 5.91 Å². The number of hydrogen-bond acceptors (Lipinski definition) is 3. The maximum atomic E-state index is 12.3. The van der Waals surface area contributed by atoms with Crippen LogP contribution in [0.2, 0.25) is 0 Å². The fraction of sp³-hybridized carbons (Fsp3) is 0.381. The molecule has 134 valence electrons. The van der Waals surface area contributed by atoms with Crippen molar-refractivity contribution in [1.29, 1.82) is 0 Å². The summed E-state index contributed by atoms with van der Waals surface area (Å²) in [6.07, 6.45) is 1.88. The zero-order chi connectivity index (χ0) is 18.1. The van der Waals surface area contributed by atoms with Crippen LogP contribution in [-0.4, -0.2) is 25.7 Å². The number of carbonyl (C=O) groups excluding carboxylic acids is 1. The van der Waals surface area contributed by atoms with Gasteiger partial charge in [0.05, 0.1) is 7.11 Å². The van der Waals surface area contributed by atoms with Gasteiger partial charge in [-0.25, -0.2) is 0 Å². The van der Waals surface area contributed by atoms with Crippen LogP contribution >= 0.6 is 0 Å². The minimum atomic E-state index is -0.465. The smallest absolute Gasteiger partial charge is 0.261 e. The predicted molar refractivity (Wildman–Crippen MR) is 100 cm³/mol. The molecule has 2 rings (SSSR count). The highest BCUT2D eigenvalue weighted by atomic mass is 16.5. The molecule has 25 heavy (non-hydrogen) atoms. The van der Waals surface area contributed by atoms with Gasteiger partial charge in [0.25, 0.3) is 5.91 Å². The lowest BCUT2D eigenvalue weighted by Gasteiger charge is -2.17. The molecule has 1 unspecified atom stereocenters. The maximum Gasteiger partial charge on any atom is 0.261 e. The second-order valence-electron chi connectivity index (χ2n) is 6.04. The monoisotopic (exact) mass is 341 g/mol. The molecule has 0 spiro atoms. The van der Waals surface area contributed by atoms with E-state index in [1.807, 2.05) is 56.3 Å². The first-order chi connectivity index (χ1) is 12.1. The summed E-state index contributed by atoms with van der Waals surface area (Å²) in [7, 11) is 1.68. The quantitative estimate of drug-likeness (QED) is 0.704. The number of methoxy groups -OCH3 is 1. The maximum absolute atomic E-state index is 12.3. The molecule has 2 aromatic carbocycles. The van der Waals surface area contributed by atoms with E-state index in [0.717, 1.165) is 35.5 Å². The number of ether oxygens (including phenoxy) is 2. The summed E-state index contributed by atoms with van der Waals surface area (Å²) in [5.41, 5.74) is 2.27. The van der Waals surface area contributed by atoms with E-state index >= 15 is 0 Å². The van der Waals surface area contributed by atoms with Crippen LogP contribution in [-0.2, 0) is 11.2 Å². The Kier molecular flexibility index (Phi) is 7.33. The van der Waals surface area contributed by atoms with Crippen molar-refractivity contribution < 1.29 is 14.3 Å². The first-order valence-corrected chi connectivity index (χ1v) is 8.77.